The average molecular weight is 460 g/mol. The number of hydrogen-bond acceptors (Lipinski definition) is 7. The quantitative estimate of drug-likeness (QED) is 0.0912. The van der Waals surface area contributed by atoms with Crippen LogP contribution in [0.2, 0.25) is 0 Å². The Hall–Kier alpha value is -3.58. The van der Waals surface area contributed by atoms with E-state index in [1.165, 1.54) is 7.05 Å². The predicted molar refractivity (Wildman–Crippen MR) is 114 cm³/mol. The van der Waals surface area contributed by atoms with Crippen molar-refractivity contribution in [3.8, 4) is 0 Å². The Kier molecular flexibility index (Phi) is 12.1. The van der Waals surface area contributed by atoms with Gasteiger partial charge in [-0.3, -0.25) is 19.8 Å². The van der Waals surface area contributed by atoms with Gasteiger partial charge in [-0.2, -0.15) is 0 Å². The van der Waals surface area contributed by atoms with Crippen LogP contribution in [0.3, 0.4) is 0 Å². The average Bonchev–Trinajstić information content (AvgIpc) is 2.65. The van der Waals surface area contributed by atoms with Gasteiger partial charge in [0.25, 0.3) is 0 Å². The highest BCUT2D eigenvalue weighted by Crippen LogP contribution is 2.08. The minimum Gasteiger partial charge on any atom is -0.480 e. The number of ether oxygens (including phenoxy) is 1. The molecular formula is C18H33N7O7. The minimum atomic E-state index is -1.47. The van der Waals surface area contributed by atoms with Gasteiger partial charge in [0.1, 0.15) is 17.7 Å². The summed E-state index contributed by atoms with van der Waals surface area (Å²) < 4.78 is 5.13. The molecule has 0 saturated heterocycles. The Labute approximate surface area is 185 Å². The van der Waals surface area contributed by atoms with E-state index < -0.39 is 60.4 Å². The minimum absolute atomic E-state index is 0.140. The summed E-state index contributed by atoms with van der Waals surface area (Å²) in [5.74, 6) is -3.76. The highest BCUT2D eigenvalue weighted by molar-refractivity contribution is 5.92. The zero-order valence-corrected chi connectivity index (χ0v) is 18.7. The summed E-state index contributed by atoms with van der Waals surface area (Å²) in [6.45, 7) is 4.66. The van der Waals surface area contributed by atoms with Crippen molar-refractivity contribution in [3.63, 3.8) is 0 Å². The van der Waals surface area contributed by atoms with Gasteiger partial charge in [0.05, 0.1) is 13.0 Å². The van der Waals surface area contributed by atoms with Crippen LogP contribution in [0.4, 0.5) is 4.79 Å². The number of rotatable bonds is 12. The lowest BCUT2D eigenvalue weighted by atomic mass is 10.1. The second-order valence-electron chi connectivity index (χ2n) is 7.73. The van der Waals surface area contributed by atoms with Crippen LogP contribution in [0.1, 0.15) is 40.0 Å². The Morgan fingerprint density at radius 1 is 1.03 bits per heavy atom. The lowest BCUT2D eigenvalue weighted by molar-refractivity contribution is -0.143. The molecule has 0 aromatic heterocycles. The molecule has 9 N–H and O–H groups in total. The summed E-state index contributed by atoms with van der Waals surface area (Å²) in [7, 11) is 1.33. The Morgan fingerprint density at radius 2 is 1.66 bits per heavy atom. The van der Waals surface area contributed by atoms with E-state index in [9.17, 15) is 24.0 Å². The summed E-state index contributed by atoms with van der Waals surface area (Å²) in [6, 6.07) is -2.53. The lowest BCUT2D eigenvalue weighted by Gasteiger charge is -2.23. The number of hydrogen-bond donors (Lipinski definition) is 8. The van der Waals surface area contributed by atoms with Gasteiger partial charge < -0.3 is 42.2 Å². The first-order valence-electron chi connectivity index (χ1n) is 9.83. The standard InChI is InChI=1S/C18H33N7O7/c1-18(2,3)32-17(31)25-10(6-5-7-22-16(19)20)14(28)23-9-13(27)24-11(15(29)30)8-12(26)21-4/h10-11H,5-9H2,1-4H3,(H,21,26)(H,23,28)(H,24,27)(H,25,31)(H,29,30)(H4,19,20,22). The van der Waals surface area contributed by atoms with Gasteiger partial charge in [-0.1, -0.05) is 0 Å². The fourth-order valence-electron chi connectivity index (χ4n) is 2.27. The number of amides is 4. The zero-order valence-electron chi connectivity index (χ0n) is 18.7. The molecule has 0 rings (SSSR count). The first kappa shape index (κ1) is 28.4. The fourth-order valence-corrected chi connectivity index (χ4v) is 2.27. The molecular weight excluding hydrogens is 426 g/mol. The highest BCUT2D eigenvalue weighted by Gasteiger charge is 2.26. The van der Waals surface area contributed by atoms with Crippen molar-refractivity contribution in [2.75, 3.05) is 20.1 Å². The Bertz CT molecular complexity index is 706. The van der Waals surface area contributed by atoms with E-state index in [2.05, 4.69) is 26.6 Å². The predicted octanol–water partition coefficient (Wildman–Crippen LogP) is -2.04. The number of nitrogens with two attached hydrogens (primary N) is 1. The molecule has 0 aliphatic rings. The zero-order chi connectivity index (χ0) is 24.9. The maximum absolute atomic E-state index is 12.5. The molecule has 0 aliphatic heterocycles. The fraction of sp³-hybridized carbons (Fsp3) is 0.667. The van der Waals surface area contributed by atoms with Crippen LogP contribution in [0.25, 0.3) is 0 Å². The largest absolute Gasteiger partial charge is 0.480 e. The van der Waals surface area contributed by atoms with Crippen LogP contribution < -0.4 is 32.3 Å². The number of carboxylic acids is 1. The number of carboxylic acid groups (broad SMARTS) is 1. The number of carbonyl (C=O) groups is 5. The molecule has 182 valence electrons. The first-order chi connectivity index (χ1) is 14.7. The summed E-state index contributed by atoms with van der Waals surface area (Å²) in [5, 5.41) is 27.9. The topological polar surface area (TPSA) is 225 Å². The summed E-state index contributed by atoms with van der Waals surface area (Å²) in [4.78, 5) is 59.1. The number of guanidine groups is 1. The third-order valence-electron chi connectivity index (χ3n) is 3.72. The number of carbonyl (C=O) groups excluding carboxylic acids is 4. The van der Waals surface area contributed by atoms with Gasteiger partial charge in [0.2, 0.25) is 17.7 Å². The normalized spacial score (nSPS) is 12.5. The van der Waals surface area contributed by atoms with Crippen molar-refractivity contribution < 1.29 is 33.8 Å². The van der Waals surface area contributed by atoms with Crippen molar-refractivity contribution in [1.82, 2.24) is 26.6 Å². The molecule has 0 saturated carbocycles. The van der Waals surface area contributed by atoms with Gasteiger partial charge in [-0.25, -0.2) is 9.59 Å². The Balaban J connectivity index is 4.92. The molecule has 0 bridgehead atoms. The van der Waals surface area contributed by atoms with Crippen LogP contribution in [-0.2, 0) is 23.9 Å². The van der Waals surface area contributed by atoms with Crippen molar-refractivity contribution >= 4 is 35.7 Å². The molecule has 0 aliphatic carbocycles. The molecule has 4 amide bonds. The summed E-state index contributed by atoms with van der Waals surface area (Å²) in [6.07, 6.45) is -0.815. The third-order valence-corrected chi connectivity index (χ3v) is 3.72. The van der Waals surface area contributed by atoms with E-state index in [1.54, 1.807) is 20.8 Å². The number of aliphatic carboxylic acids is 1. The highest BCUT2D eigenvalue weighted by atomic mass is 16.6. The van der Waals surface area contributed by atoms with Crippen LogP contribution in [-0.4, -0.2) is 78.7 Å². The molecule has 0 heterocycles. The van der Waals surface area contributed by atoms with E-state index in [1.807, 2.05) is 0 Å². The molecule has 0 aromatic carbocycles. The molecule has 0 fully saturated rings. The summed E-state index contributed by atoms with van der Waals surface area (Å²) in [5.41, 5.74) is 4.40. The molecule has 14 heteroatoms. The van der Waals surface area contributed by atoms with E-state index >= 15 is 0 Å². The van der Waals surface area contributed by atoms with Crippen molar-refractivity contribution in [2.24, 2.45) is 5.73 Å². The van der Waals surface area contributed by atoms with Crippen LogP contribution >= 0.6 is 0 Å². The smallest absolute Gasteiger partial charge is 0.408 e. The first-order valence-corrected chi connectivity index (χ1v) is 9.83. The van der Waals surface area contributed by atoms with Gasteiger partial charge >= 0.3 is 12.1 Å². The van der Waals surface area contributed by atoms with Gasteiger partial charge in [0, 0.05) is 13.6 Å². The molecule has 0 radical (unpaired) electrons. The van der Waals surface area contributed by atoms with Crippen molar-refractivity contribution in [3.05, 3.63) is 0 Å². The van der Waals surface area contributed by atoms with Crippen LogP contribution in [0, 0.1) is 5.41 Å². The molecule has 14 nitrogen and oxygen atoms in total. The monoisotopic (exact) mass is 459 g/mol. The van der Waals surface area contributed by atoms with E-state index in [0.717, 1.165) is 0 Å². The molecule has 0 aromatic rings. The van der Waals surface area contributed by atoms with Crippen molar-refractivity contribution in [2.45, 2.75) is 57.7 Å². The van der Waals surface area contributed by atoms with Crippen molar-refractivity contribution in [1.29, 1.82) is 5.41 Å². The molecule has 2 unspecified atom stereocenters. The second kappa shape index (κ2) is 13.7. The van der Waals surface area contributed by atoms with E-state index in [0.29, 0.717) is 6.42 Å². The van der Waals surface area contributed by atoms with Gasteiger partial charge in [-0.15, -0.1) is 0 Å². The van der Waals surface area contributed by atoms with Gasteiger partial charge in [-0.05, 0) is 33.6 Å². The number of alkyl carbamates (subject to hydrolysis) is 1. The number of nitrogens with one attached hydrogen (secondary N) is 6. The maximum Gasteiger partial charge on any atom is 0.408 e. The molecule has 2 atom stereocenters. The molecule has 0 spiro atoms. The molecule has 32 heavy (non-hydrogen) atoms. The lowest BCUT2D eigenvalue weighted by Crippen LogP contribution is -2.52. The SMILES string of the molecule is CNC(=O)CC(NC(=O)CNC(=O)C(CCCNC(=N)N)NC(=O)OC(C)(C)C)C(=O)O. The third kappa shape index (κ3) is 13.6. The van der Waals surface area contributed by atoms with Gasteiger partial charge in [0.15, 0.2) is 5.96 Å². The maximum atomic E-state index is 12.5. The van der Waals surface area contributed by atoms with Crippen LogP contribution in [0.15, 0.2) is 0 Å². The Morgan fingerprint density at radius 3 is 2.16 bits per heavy atom. The van der Waals surface area contributed by atoms with Crippen LogP contribution in [0.5, 0.6) is 0 Å². The summed E-state index contributed by atoms with van der Waals surface area (Å²) >= 11 is 0. The second-order valence-corrected chi connectivity index (χ2v) is 7.73. The van der Waals surface area contributed by atoms with E-state index in [-0.39, 0.29) is 18.9 Å². The van der Waals surface area contributed by atoms with E-state index in [4.69, 9.17) is 21.0 Å².